The molecular formula is C14H19N3O2. The van der Waals surface area contributed by atoms with Crippen LogP contribution in [0, 0.1) is 0 Å². The van der Waals surface area contributed by atoms with E-state index >= 15 is 0 Å². The van der Waals surface area contributed by atoms with Gasteiger partial charge in [0.2, 0.25) is 0 Å². The molecule has 0 bridgehead atoms. The van der Waals surface area contributed by atoms with Gasteiger partial charge in [0.25, 0.3) is 0 Å². The van der Waals surface area contributed by atoms with Gasteiger partial charge in [-0.05, 0) is 50.0 Å². The molecule has 1 unspecified atom stereocenters. The highest BCUT2D eigenvalue weighted by molar-refractivity contribution is 5.72. The molecule has 0 saturated carbocycles. The maximum atomic E-state index is 11.1. The smallest absolute Gasteiger partial charge is 0.408 e. The van der Waals surface area contributed by atoms with Gasteiger partial charge in [-0.25, -0.2) is 4.79 Å². The lowest BCUT2D eigenvalue weighted by atomic mass is 10.1. The third-order valence-corrected chi connectivity index (χ3v) is 3.65. The summed E-state index contributed by atoms with van der Waals surface area (Å²) >= 11 is 0. The first kappa shape index (κ1) is 12.4. The molecule has 0 radical (unpaired) electrons. The Hall–Kier alpha value is -1.59. The van der Waals surface area contributed by atoms with E-state index in [1.165, 1.54) is 19.3 Å². The van der Waals surface area contributed by atoms with Crippen LogP contribution in [0.5, 0.6) is 0 Å². The minimum atomic E-state index is -0.396. The van der Waals surface area contributed by atoms with E-state index in [1.807, 2.05) is 18.2 Å². The minimum Gasteiger partial charge on any atom is -0.408 e. The molecule has 5 nitrogen and oxygen atoms in total. The lowest BCUT2D eigenvalue weighted by molar-refractivity contribution is 0.523. The maximum Gasteiger partial charge on any atom is 0.417 e. The zero-order chi connectivity index (χ0) is 13.1. The zero-order valence-corrected chi connectivity index (χ0v) is 10.9. The molecule has 1 atom stereocenters. The second-order valence-electron chi connectivity index (χ2n) is 5.10. The van der Waals surface area contributed by atoms with Gasteiger partial charge in [0.1, 0.15) is 0 Å². The molecule has 3 N–H and O–H groups in total. The first-order chi connectivity index (χ1) is 9.31. The van der Waals surface area contributed by atoms with Crippen molar-refractivity contribution in [3.05, 3.63) is 34.3 Å². The highest BCUT2D eigenvalue weighted by Crippen LogP contribution is 2.12. The average Bonchev–Trinajstić information content (AvgIpc) is 3.02. The van der Waals surface area contributed by atoms with Crippen molar-refractivity contribution in [2.45, 2.75) is 31.8 Å². The van der Waals surface area contributed by atoms with Gasteiger partial charge >= 0.3 is 5.76 Å². The van der Waals surface area contributed by atoms with Gasteiger partial charge in [-0.3, -0.25) is 4.98 Å². The molecule has 102 valence electrons. The SMILES string of the molecule is O=c1[nH]c2ccc(CNCCC3CCCN3)cc2o1. The number of oxazole rings is 1. The Labute approximate surface area is 111 Å². The first-order valence-corrected chi connectivity index (χ1v) is 6.87. The van der Waals surface area contributed by atoms with Crippen LogP contribution in [0.1, 0.15) is 24.8 Å². The van der Waals surface area contributed by atoms with Crippen LogP contribution in [0.25, 0.3) is 11.1 Å². The second kappa shape index (κ2) is 5.59. The molecule has 1 saturated heterocycles. The van der Waals surface area contributed by atoms with Crippen LogP contribution >= 0.6 is 0 Å². The van der Waals surface area contributed by atoms with Gasteiger partial charge < -0.3 is 15.1 Å². The molecule has 1 aliphatic rings. The fraction of sp³-hybridized carbons (Fsp3) is 0.500. The van der Waals surface area contributed by atoms with Crippen LogP contribution in [0.15, 0.2) is 27.4 Å². The number of aromatic amines is 1. The number of hydrogen-bond donors (Lipinski definition) is 3. The number of rotatable bonds is 5. The summed E-state index contributed by atoms with van der Waals surface area (Å²) in [6.07, 6.45) is 3.76. The van der Waals surface area contributed by atoms with Crippen molar-refractivity contribution in [2.75, 3.05) is 13.1 Å². The van der Waals surface area contributed by atoms with Crippen molar-refractivity contribution in [2.24, 2.45) is 0 Å². The summed E-state index contributed by atoms with van der Waals surface area (Å²) in [6, 6.07) is 6.48. The van der Waals surface area contributed by atoms with Crippen molar-refractivity contribution in [1.29, 1.82) is 0 Å². The Bertz CT molecular complexity index is 596. The van der Waals surface area contributed by atoms with Crippen molar-refractivity contribution in [1.82, 2.24) is 15.6 Å². The van der Waals surface area contributed by atoms with E-state index in [1.54, 1.807) is 0 Å². The number of aromatic nitrogens is 1. The number of nitrogens with one attached hydrogen (secondary N) is 3. The Kier molecular flexibility index (Phi) is 3.66. The highest BCUT2D eigenvalue weighted by atomic mass is 16.4. The predicted molar refractivity (Wildman–Crippen MR) is 74.2 cm³/mol. The molecule has 1 fully saturated rings. The van der Waals surface area contributed by atoms with Gasteiger partial charge in [-0.15, -0.1) is 0 Å². The molecule has 1 aromatic carbocycles. The monoisotopic (exact) mass is 261 g/mol. The molecule has 3 rings (SSSR count). The molecule has 1 aliphatic heterocycles. The predicted octanol–water partition coefficient (Wildman–Crippen LogP) is 1.35. The third-order valence-electron chi connectivity index (χ3n) is 3.65. The van der Waals surface area contributed by atoms with Crippen LogP contribution in [-0.2, 0) is 6.54 Å². The number of hydrogen-bond acceptors (Lipinski definition) is 4. The van der Waals surface area contributed by atoms with Gasteiger partial charge in [0.15, 0.2) is 5.58 Å². The summed E-state index contributed by atoms with van der Waals surface area (Å²) in [7, 11) is 0. The lowest BCUT2D eigenvalue weighted by Gasteiger charge is -2.10. The fourth-order valence-corrected chi connectivity index (χ4v) is 2.61. The van der Waals surface area contributed by atoms with E-state index < -0.39 is 5.76 Å². The number of benzene rings is 1. The van der Waals surface area contributed by atoms with E-state index in [0.29, 0.717) is 11.6 Å². The average molecular weight is 261 g/mol. The topological polar surface area (TPSA) is 70.1 Å². The molecular weight excluding hydrogens is 242 g/mol. The normalized spacial score (nSPS) is 19.3. The summed E-state index contributed by atoms with van der Waals surface area (Å²) in [5, 5.41) is 6.92. The highest BCUT2D eigenvalue weighted by Gasteiger charge is 2.12. The molecule has 2 heterocycles. The van der Waals surface area contributed by atoms with Crippen LogP contribution in [0.4, 0.5) is 0 Å². The van der Waals surface area contributed by atoms with E-state index in [9.17, 15) is 4.79 Å². The van der Waals surface area contributed by atoms with Gasteiger partial charge in [-0.1, -0.05) is 6.07 Å². The van der Waals surface area contributed by atoms with E-state index in [2.05, 4.69) is 15.6 Å². The largest absolute Gasteiger partial charge is 0.417 e. The quantitative estimate of drug-likeness (QED) is 0.711. The van der Waals surface area contributed by atoms with Crippen molar-refractivity contribution in [3.8, 4) is 0 Å². The third kappa shape index (κ3) is 3.05. The van der Waals surface area contributed by atoms with Crippen LogP contribution in [0.2, 0.25) is 0 Å². The Morgan fingerprint density at radius 2 is 2.37 bits per heavy atom. The van der Waals surface area contributed by atoms with E-state index in [4.69, 9.17) is 4.42 Å². The molecule has 1 aromatic heterocycles. The van der Waals surface area contributed by atoms with E-state index in [-0.39, 0.29) is 0 Å². The molecule has 0 spiro atoms. The first-order valence-electron chi connectivity index (χ1n) is 6.87. The van der Waals surface area contributed by atoms with Crippen molar-refractivity contribution >= 4 is 11.1 Å². The summed E-state index contributed by atoms with van der Waals surface area (Å²) in [5.41, 5.74) is 2.51. The van der Waals surface area contributed by atoms with Crippen LogP contribution in [0.3, 0.4) is 0 Å². The second-order valence-corrected chi connectivity index (χ2v) is 5.10. The van der Waals surface area contributed by atoms with Gasteiger partial charge in [0, 0.05) is 12.6 Å². The maximum absolute atomic E-state index is 11.1. The summed E-state index contributed by atoms with van der Waals surface area (Å²) in [5.74, 6) is -0.396. The lowest BCUT2D eigenvalue weighted by Crippen LogP contribution is -2.26. The van der Waals surface area contributed by atoms with Crippen molar-refractivity contribution in [3.63, 3.8) is 0 Å². The zero-order valence-electron chi connectivity index (χ0n) is 10.9. The van der Waals surface area contributed by atoms with Crippen LogP contribution in [-0.4, -0.2) is 24.1 Å². The standard InChI is InChI=1S/C14H19N3O2/c18-14-17-12-4-3-10(8-13(12)19-14)9-15-7-5-11-2-1-6-16-11/h3-4,8,11,15-16H,1-2,5-7,9H2,(H,17,18). The minimum absolute atomic E-state index is 0.396. The Balaban J connectivity index is 1.51. The summed E-state index contributed by atoms with van der Waals surface area (Å²) < 4.78 is 5.05. The summed E-state index contributed by atoms with van der Waals surface area (Å²) in [6.45, 7) is 2.97. The van der Waals surface area contributed by atoms with Crippen molar-refractivity contribution < 1.29 is 4.42 Å². The molecule has 19 heavy (non-hydrogen) atoms. The van der Waals surface area contributed by atoms with E-state index in [0.717, 1.165) is 30.7 Å². The Morgan fingerprint density at radius 3 is 3.21 bits per heavy atom. The van der Waals surface area contributed by atoms with Gasteiger partial charge in [-0.2, -0.15) is 0 Å². The van der Waals surface area contributed by atoms with Gasteiger partial charge in [0.05, 0.1) is 5.52 Å². The van der Waals surface area contributed by atoms with Crippen LogP contribution < -0.4 is 16.4 Å². The molecule has 0 aliphatic carbocycles. The molecule has 0 amide bonds. The summed E-state index contributed by atoms with van der Waals surface area (Å²) in [4.78, 5) is 13.7. The molecule has 5 heteroatoms. The number of H-pyrrole nitrogens is 1. The fourth-order valence-electron chi connectivity index (χ4n) is 2.61. The number of fused-ring (bicyclic) bond motifs is 1. The molecule has 2 aromatic rings. The Morgan fingerprint density at radius 1 is 1.42 bits per heavy atom.